The van der Waals surface area contributed by atoms with Crippen molar-refractivity contribution in [1.82, 2.24) is 9.66 Å². The average Bonchev–Trinajstić information content (AvgIpc) is 2.66. The molecule has 2 N–H and O–H groups in total. The predicted molar refractivity (Wildman–Crippen MR) is 59.8 cm³/mol. The van der Waals surface area contributed by atoms with Crippen molar-refractivity contribution in [2.24, 2.45) is 0 Å². The normalized spacial score (nSPS) is 9.53. The third-order valence-electron chi connectivity index (χ3n) is 1.91. The van der Waals surface area contributed by atoms with Crippen molar-refractivity contribution in [3.8, 4) is 6.07 Å². The van der Waals surface area contributed by atoms with Gasteiger partial charge in [0.15, 0.2) is 4.77 Å². The Hall–Kier alpha value is -2.06. The maximum Gasteiger partial charge on any atom is 0.196 e. The minimum Gasteiger partial charge on any atom is -0.336 e. The van der Waals surface area contributed by atoms with Gasteiger partial charge in [-0.3, -0.25) is 5.43 Å². The SMILES string of the molecule is N#Cc1ccc(Nn2cc[nH]c2=S)cc1. The van der Waals surface area contributed by atoms with Gasteiger partial charge in [-0.2, -0.15) is 5.26 Å². The summed E-state index contributed by atoms with van der Waals surface area (Å²) < 4.78 is 2.29. The molecule has 2 aromatic rings. The molecule has 4 nitrogen and oxygen atoms in total. The van der Waals surface area contributed by atoms with Crippen molar-refractivity contribution in [2.45, 2.75) is 0 Å². The van der Waals surface area contributed by atoms with Gasteiger partial charge in [0.05, 0.1) is 17.3 Å². The Labute approximate surface area is 91.8 Å². The Morgan fingerprint density at radius 1 is 1.33 bits per heavy atom. The fourth-order valence-corrected chi connectivity index (χ4v) is 1.34. The van der Waals surface area contributed by atoms with Gasteiger partial charge in [0.1, 0.15) is 0 Å². The van der Waals surface area contributed by atoms with Crippen molar-refractivity contribution >= 4 is 17.9 Å². The van der Waals surface area contributed by atoms with Gasteiger partial charge in [0.25, 0.3) is 0 Å². The second-order valence-electron chi connectivity index (χ2n) is 2.94. The van der Waals surface area contributed by atoms with Crippen molar-refractivity contribution in [3.05, 3.63) is 47.0 Å². The van der Waals surface area contributed by atoms with E-state index in [9.17, 15) is 0 Å². The van der Waals surface area contributed by atoms with E-state index in [4.69, 9.17) is 17.5 Å². The molecule has 0 aliphatic rings. The molecule has 0 amide bonds. The van der Waals surface area contributed by atoms with Crippen molar-refractivity contribution < 1.29 is 0 Å². The molecule has 0 atom stereocenters. The Morgan fingerprint density at radius 2 is 2.07 bits per heavy atom. The topological polar surface area (TPSA) is 56.5 Å². The second-order valence-corrected chi connectivity index (χ2v) is 3.32. The zero-order valence-electron chi connectivity index (χ0n) is 7.77. The molecule has 0 fully saturated rings. The molecule has 0 bridgehead atoms. The molecule has 1 aromatic heterocycles. The molecule has 0 unspecified atom stereocenters. The molecule has 1 aromatic carbocycles. The molecule has 74 valence electrons. The molecule has 0 aliphatic carbocycles. The third kappa shape index (κ3) is 2.06. The van der Waals surface area contributed by atoms with Gasteiger partial charge in [-0.25, -0.2) is 4.68 Å². The van der Waals surface area contributed by atoms with Gasteiger partial charge in [-0.15, -0.1) is 0 Å². The number of aromatic amines is 1. The summed E-state index contributed by atoms with van der Waals surface area (Å²) in [6.45, 7) is 0. The van der Waals surface area contributed by atoms with Crippen LogP contribution in [0.15, 0.2) is 36.7 Å². The molecule has 0 spiro atoms. The maximum absolute atomic E-state index is 8.63. The van der Waals surface area contributed by atoms with E-state index in [-0.39, 0.29) is 0 Å². The molecule has 0 saturated carbocycles. The number of nitrogens with one attached hydrogen (secondary N) is 2. The van der Waals surface area contributed by atoms with Crippen LogP contribution in [-0.2, 0) is 0 Å². The van der Waals surface area contributed by atoms with Gasteiger partial charge in [-0.05, 0) is 36.5 Å². The first kappa shape index (κ1) is 9.49. The Balaban J connectivity index is 2.23. The lowest BCUT2D eigenvalue weighted by Crippen LogP contribution is -2.07. The Kier molecular flexibility index (Phi) is 2.52. The quantitative estimate of drug-likeness (QED) is 0.757. The first-order valence-corrected chi connectivity index (χ1v) is 4.73. The Bertz CT molecular complexity index is 544. The molecular formula is C10H8N4S. The van der Waals surface area contributed by atoms with E-state index in [0.717, 1.165) is 5.69 Å². The summed E-state index contributed by atoms with van der Waals surface area (Å²) >= 11 is 5.03. The standard InChI is InChI=1S/C10H8N4S/c11-7-8-1-3-9(4-2-8)13-14-6-5-12-10(14)15/h1-6,13H,(H,12,15). The lowest BCUT2D eigenvalue weighted by molar-refractivity contribution is 0.935. The highest BCUT2D eigenvalue weighted by Crippen LogP contribution is 2.09. The van der Waals surface area contributed by atoms with Gasteiger partial charge >= 0.3 is 0 Å². The van der Waals surface area contributed by atoms with Crippen LogP contribution in [0.5, 0.6) is 0 Å². The zero-order valence-corrected chi connectivity index (χ0v) is 8.58. The molecular weight excluding hydrogens is 208 g/mol. The number of imidazole rings is 1. The highest BCUT2D eigenvalue weighted by Gasteiger charge is 1.94. The highest BCUT2D eigenvalue weighted by atomic mass is 32.1. The summed E-state index contributed by atoms with van der Waals surface area (Å²) in [5.74, 6) is 0. The number of aromatic nitrogens is 2. The van der Waals surface area contributed by atoms with E-state index < -0.39 is 0 Å². The number of hydrogen-bond acceptors (Lipinski definition) is 3. The predicted octanol–water partition coefficient (Wildman–Crippen LogP) is 2.29. The van der Waals surface area contributed by atoms with Crippen molar-refractivity contribution in [1.29, 1.82) is 5.26 Å². The fraction of sp³-hybridized carbons (Fsp3) is 0. The summed E-state index contributed by atoms with van der Waals surface area (Å²) in [7, 11) is 0. The lowest BCUT2D eigenvalue weighted by Gasteiger charge is -2.05. The number of nitriles is 1. The Morgan fingerprint density at radius 3 is 2.60 bits per heavy atom. The first-order chi connectivity index (χ1) is 7.29. The van der Waals surface area contributed by atoms with Gasteiger partial charge in [0.2, 0.25) is 0 Å². The summed E-state index contributed by atoms with van der Waals surface area (Å²) in [6, 6.07) is 9.21. The van der Waals surface area contributed by atoms with Crippen LogP contribution >= 0.6 is 12.2 Å². The number of anilines is 1. The van der Waals surface area contributed by atoms with Crippen molar-refractivity contribution in [3.63, 3.8) is 0 Å². The smallest absolute Gasteiger partial charge is 0.196 e. The third-order valence-corrected chi connectivity index (χ3v) is 2.23. The summed E-state index contributed by atoms with van der Waals surface area (Å²) in [5, 5.41) is 8.63. The summed E-state index contributed by atoms with van der Waals surface area (Å²) in [4.78, 5) is 2.87. The van der Waals surface area contributed by atoms with Crippen LogP contribution in [0.25, 0.3) is 0 Å². The monoisotopic (exact) mass is 216 g/mol. The number of H-pyrrole nitrogens is 1. The largest absolute Gasteiger partial charge is 0.336 e. The molecule has 1 heterocycles. The van der Waals surface area contributed by atoms with E-state index in [1.807, 2.05) is 12.1 Å². The summed E-state index contributed by atoms with van der Waals surface area (Å²) in [5.41, 5.74) is 4.59. The number of hydrogen-bond donors (Lipinski definition) is 2. The van der Waals surface area contributed by atoms with E-state index in [0.29, 0.717) is 10.3 Å². The van der Waals surface area contributed by atoms with Crippen LogP contribution in [-0.4, -0.2) is 9.66 Å². The van der Waals surface area contributed by atoms with Gasteiger partial charge in [0, 0.05) is 12.4 Å². The van der Waals surface area contributed by atoms with Crippen LogP contribution in [0.1, 0.15) is 5.56 Å². The van der Waals surface area contributed by atoms with Gasteiger partial charge < -0.3 is 4.98 Å². The lowest BCUT2D eigenvalue weighted by atomic mass is 10.2. The first-order valence-electron chi connectivity index (χ1n) is 4.33. The summed E-state index contributed by atoms with van der Waals surface area (Å²) in [6.07, 6.45) is 3.54. The fourth-order valence-electron chi connectivity index (χ4n) is 1.17. The maximum atomic E-state index is 8.63. The van der Waals surface area contributed by atoms with E-state index in [1.165, 1.54) is 0 Å². The van der Waals surface area contributed by atoms with Crippen molar-refractivity contribution in [2.75, 3.05) is 5.43 Å². The van der Waals surface area contributed by atoms with Crippen LogP contribution in [0.2, 0.25) is 0 Å². The van der Waals surface area contributed by atoms with Crippen LogP contribution in [0, 0.1) is 16.1 Å². The van der Waals surface area contributed by atoms with E-state index in [2.05, 4.69) is 16.5 Å². The minimum absolute atomic E-state index is 0.597. The molecule has 15 heavy (non-hydrogen) atoms. The molecule has 2 rings (SSSR count). The van der Waals surface area contributed by atoms with Gasteiger partial charge in [-0.1, -0.05) is 0 Å². The second kappa shape index (κ2) is 3.98. The zero-order chi connectivity index (χ0) is 10.7. The van der Waals surface area contributed by atoms with E-state index >= 15 is 0 Å². The molecule has 5 heteroatoms. The molecule has 0 saturated heterocycles. The average molecular weight is 216 g/mol. The number of nitrogens with zero attached hydrogens (tertiary/aromatic N) is 2. The van der Waals surface area contributed by atoms with Crippen LogP contribution in [0.3, 0.4) is 0 Å². The van der Waals surface area contributed by atoms with Crippen LogP contribution < -0.4 is 5.43 Å². The highest BCUT2D eigenvalue weighted by molar-refractivity contribution is 7.71. The molecule has 0 aliphatic heterocycles. The van der Waals surface area contributed by atoms with E-state index in [1.54, 1.807) is 29.2 Å². The molecule has 0 radical (unpaired) electrons. The minimum atomic E-state index is 0.597. The number of benzene rings is 1. The number of rotatable bonds is 2. The van der Waals surface area contributed by atoms with Crippen LogP contribution in [0.4, 0.5) is 5.69 Å².